The second kappa shape index (κ2) is 5.01. The second-order valence-electron chi connectivity index (χ2n) is 4.84. The molecule has 2 rings (SSSR count). The van der Waals surface area contributed by atoms with Crippen molar-refractivity contribution in [3.8, 4) is 0 Å². The minimum absolute atomic E-state index is 0.0337. The van der Waals surface area contributed by atoms with Gasteiger partial charge in [0.25, 0.3) is 0 Å². The van der Waals surface area contributed by atoms with Gasteiger partial charge in [-0.25, -0.2) is 0 Å². The molecule has 2 heterocycles. The van der Waals surface area contributed by atoms with E-state index in [0.29, 0.717) is 19.5 Å². The van der Waals surface area contributed by atoms with Crippen LogP contribution in [0.25, 0.3) is 0 Å². The van der Waals surface area contributed by atoms with Gasteiger partial charge in [0.05, 0.1) is 6.54 Å². The van der Waals surface area contributed by atoms with Crippen molar-refractivity contribution in [3.05, 3.63) is 20.8 Å². The Bertz CT molecular complexity index is 484. The van der Waals surface area contributed by atoms with Crippen LogP contribution in [0.2, 0.25) is 0 Å². The summed E-state index contributed by atoms with van der Waals surface area (Å²) in [4.78, 5) is 26.8. The van der Waals surface area contributed by atoms with Crippen LogP contribution in [-0.2, 0) is 16.1 Å². The molecule has 0 spiro atoms. The molecule has 1 aromatic heterocycles. The Balaban J connectivity index is 2.19. The molecular formula is C12H15BrN2O2S. The molecule has 1 fully saturated rings. The van der Waals surface area contributed by atoms with Crippen molar-refractivity contribution in [3.63, 3.8) is 0 Å². The monoisotopic (exact) mass is 330 g/mol. The first-order chi connectivity index (χ1) is 8.40. The summed E-state index contributed by atoms with van der Waals surface area (Å²) >= 11 is 5.07. The molecule has 0 aromatic carbocycles. The minimum Gasteiger partial charge on any atom is -0.342 e. The van der Waals surface area contributed by atoms with Crippen LogP contribution in [0.3, 0.4) is 0 Å². The number of nitrogens with one attached hydrogen (secondary N) is 1. The highest BCUT2D eigenvalue weighted by Gasteiger charge is 2.36. The Morgan fingerprint density at radius 3 is 2.83 bits per heavy atom. The van der Waals surface area contributed by atoms with E-state index in [-0.39, 0.29) is 11.8 Å². The predicted octanol–water partition coefficient (Wildman–Crippen LogP) is 2.14. The summed E-state index contributed by atoms with van der Waals surface area (Å²) in [6.45, 7) is 4.51. The van der Waals surface area contributed by atoms with E-state index in [1.54, 1.807) is 30.1 Å². The van der Waals surface area contributed by atoms with E-state index in [9.17, 15) is 9.59 Å². The van der Waals surface area contributed by atoms with Gasteiger partial charge in [0, 0.05) is 22.3 Å². The van der Waals surface area contributed by atoms with Gasteiger partial charge in [0.1, 0.15) is 5.54 Å². The number of halogens is 1. The van der Waals surface area contributed by atoms with E-state index < -0.39 is 5.54 Å². The van der Waals surface area contributed by atoms with Crippen LogP contribution in [0.1, 0.15) is 25.1 Å². The summed E-state index contributed by atoms with van der Waals surface area (Å²) in [6, 6.07) is 1.97. The van der Waals surface area contributed by atoms with Gasteiger partial charge in [-0.05, 0) is 41.2 Å². The van der Waals surface area contributed by atoms with Gasteiger partial charge >= 0.3 is 0 Å². The van der Waals surface area contributed by atoms with Gasteiger partial charge in [0.15, 0.2) is 0 Å². The standard InChI is InChI=1S/C12H15BrN2O2S/c1-12(2)11(17)15(5-3-10(16)14-12)7-9-8(13)4-6-18-9/h4,6H,3,5,7H2,1-2H3,(H,14,16). The summed E-state index contributed by atoms with van der Waals surface area (Å²) in [5, 5.41) is 4.74. The topological polar surface area (TPSA) is 49.4 Å². The summed E-state index contributed by atoms with van der Waals surface area (Å²) in [6.07, 6.45) is 0.359. The second-order valence-corrected chi connectivity index (χ2v) is 6.70. The maximum absolute atomic E-state index is 12.4. The smallest absolute Gasteiger partial charge is 0.248 e. The first-order valence-corrected chi connectivity index (χ1v) is 7.39. The zero-order chi connectivity index (χ0) is 13.3. The Hall–Kier alpha value is -0.880. The largest absolute Gasteiger partial charge is 0.342 e. The average molecular weight is 331 g/mol. The lowest BCUT2D eigenvalue weighted by molar-refractivity contribution is -0.137. The first-order valence-electron chi connectivity index (χ1n) is 5.72. The lowest BCUT2D eigenvalue weighted by Crippen LogP contribution is -2.52. The molecule has 1 saturated heterocycles. The fourth-order valence-electron chi connectivity index (χ4n) is 1.96. The van der Waals surface area contributed by atoms with Gasteiger partial charge in [-0.2, -0.15) is 0 Å². The summed E-state index contributed by atoms with van der Waals surface area (Å²) in [7, 11) is 0. The number of hydrogen-bond donors (Lipinski definition) is 1. The van der Waals surface area contributed by atoms with E-state index >= 15 is 0 Å². The molecule has 1 N–H and O–H groups in total. The van der Waals surface area contributed by atoms with Gasteiger partial charge in [-0.15, -0.1) is 11.3 Å². The molecule has 0 unspecified atom stereocenters. The quantitative estimate of drug-likeness (QED) is 0.903. The fraction of sp³-hybridized carbons (Fsp3) is 0.500. The van der Waals surface area contributed by atoms with Gasteiger partial charge in [0.2, 0.25) is 11.8 Å². The number of rotatable bonds is 2. The van der Waals surface area contributed by atoms with Crippen molar-refractivity contribution in [1.82, 2.24) is 10.2 Å². The molecule has 0 aliphatic carbocycles. The predicted molar refractivity (Wildman–Crippen MR) is 74.3 cm³/mol. The highest BCUT2D eigenvalue weighted by Crippen LogP contribution is 2.25. The Morgan fingerprint density at radius 1 is 1.50 bits per heavy atom. The molecule has 0 radical (unpaired) electrons. The fourth-order valence-corrected chi connectivity index (χ4v) is 3.45. The minimum atomic E-state index is -0.822. The number of carbonyl (C=O) groups is 2. The third-order valence-corrected chi connectivity index (χ3v) is 4.82. The number of carbonyl (C=O) groups excluding carboxylic acids is 2. The molecule has 6 heteroatoms. The number of thiophene rings is 1. The van der Waals surface area contributed by atoms with Crippen molar-refractivity contribution >= 4 is 39.1 Å². The molecule has 1 aliphatic rings. The van der Waals surface area contributed by atoms with Crippen LogP contribution in [0.5, 0.6) is 0 Å². The molecule has 4 nitrogen and oxygen atoms in total. The number of hydrogen-bond acceptors (Lipinski definition) is 3. The molecule has 18 heavy (non-hydrogen) atoms. The number of nitrogens with zero attached hydrogens (tertiary/aromatic N) is 1. The van der Waals surface area contributed by atoms with Crippen LogP contribution in [-0.4, -0.2) is 28.8 Å². The average Bonchev–Trinajstić information content (AvgIpc) is 2.64. The van der Waals surface area contributed by atoms with Crippen LogP contribution in [0, 0.1) is 0 Å². The maximum atomic E-state index is 12.4. The highest BCUT2D eigenvalue weighted by atomic mass is 79.9. The lowest BCUT2D eigenvalue weighted by Gasteiger charge is -2.28. The molecule has 1 aliphatic heterocycles. The maximum Gasteiger partial charge on any atom is 0.248 e. The Labute approximate surface area is 118 Å². The molecular weight excluding hydrogens is 316 g/mol. The van der Waals surface area contributed by atoms with E-state index in [1.165, 1.54) is 0 Å². The normalized spacial score (nSPS) is 19.6. The Kier molecular flexibility index (Phi) is 3.77. The molecule has 0 atom stereocenters. The van der Waals surface area contributed by atoms with Crippen molar-refractivity contribution in [2.75, 3.05) is 6.54 Å². The molecule has 0 saturated carbocycles. The third-order valence-electron chi connectivity index (χ3n) is 2.91. The van der Waals surface area contributed by atoms with E-state index in [0.717, 1.165) is 9.35 Å². The molecule has 0 bridgehead atoms. The van der Waals surface area contributed by atoms with Crippen molar-refractivity contribution in [1.29, 1.82) is 0 Å². The molecule has 2 amide bonds. The Morgan fingerprint density at radius 2 is 2.22 bits per heavy atom. The van der Waals surface area contributed by atoms with Crippen molar-refractivity contribution < 1.29 is 9.59 Å². The van der Waals surface area contributed by atoms with Crippen LogP contribution in [0.4, 0.5) is 0 Å². The van der Waals surface area contributed by atoms with Gasteiger partial charge in [-0.1, -0.05) is 0 Å². The zero-order valence-electron chi connectivity index (χ0n) is 10.3. The van der Waals surface area contributed by atoms with E-state index in [4.69, 9.17) is 0 Å². The molecule has 98 valence electrons. The summed E-state index contributed by atoms with van der Waals surface area (Å²) in [5.74, 6) is -0.102. The van der Waals surface area contributed by atoms with Gasteiger partial charge < -0.3 is 10.2 Å². The third kappa shape index (κ3) is 2.75. The van der Waals surface area contributed by atoms with Crippen LogP contribution < -0.4 is 5.32 Å². The van der Waals surface area contributed by atoms with E-state index in [2.05, 4.69) is 21.2 Å². The lowest BCUT2D eigenvalue weighted by atomic mass is 10.0. The first kappa shape index (κ1) is 13.5. The zero-order valence-corrected chi connectivity index (χ0v) is 12.7. The highest BCUT2D eigenvalue weighted by molar-refractivity contribution is 9.10. The van der Waals surface area contributed by atoms with Crippen molar-refractivity contribution in [2.45, 2.75) is 32.4 Å². The van der Waals surface area contributed by atoms with Crippen LogP contribution in [0.15, 0.2) is 15.9 Å². The summed E-state index contributed by atoms with van der Waals surface area (Å²) in [5.41, 5.74) is -0.822. The number of amides is 2. The molecule has 1 aromatic rings. The van der Waals surface area contributed by atoms with E-state index in [1.807, 2.05) is 11.4 Å². The van der Waals surface area contributed by atoms with Gasteiger partial charge in [-0.3, -0.25) is 9.59 Å². The summed E-state index contributed by atoms with van der Waals surface area (Å²) < 4.78 is 1.02. The SMILES string of the molecule is CC1(C)NC(=O)CCN(Cc2sccc2Br)C1=O. The van der Waals surface area contributed by atoms with Crippen LogP contribution >= 0.6 is 27.3 Å². The van der Waals surface area contributed by atoms with Crippen molar-refractivity contribution in [2.24, 2.45) is 0 Å².